The van der Waals surface area contributed by atoms with E-state index < -0.39 is 0 Å². The number of hydrogen-bond donors (Lipinski definition) is 0. The minimum Gasteiger partial charge on any atom is -0.173 e. The van der Waals surface area contributed by atoms with E-state index in [1.54, 1.807) is 5.56 Å². The van der Waals surface area contributed by atoms with Crippen molar-refractivity contribution in [2.75, 3.05) is 0 Å². The maximum absolute atomic E-state index is 4.76. The first-order valence-electron chi connectivity index (χ1n) is 21.0. The molecular formula is C46H62N2S5. The van der Waals surface area contributed by atoms with Gasteiger partial charge in [0, 0.05) is 44.2 Å². The molecule has 5 heterocycles. The fraction of sp³-hybridized carbons (Fsp3) is 0.565. The summed E-state index contributed by atoms with van der Waals surface area (Å²) in [6.45, 7) is 9.05. The zero-order valence-electron chi connectivity index (χ0n) is 33.0. The second-order valence-electron chi connectivity index (χ2n) is 15.4. The first-order chi connectivity index (χ1) is 26.1. The van der Waals surface area contributed by atoms with Crippen molar-refractivity contribution in [2.24, 2.45) is 0 Å². The highest BCUT2D eigenvalue weighted by Crippen LogP contribution is 2.48. The summed E-state index contributed by atoms with van der Waals surface area (Å²) in [6, 6.07) is 14.5. The molecule has 1 aromatic carbocycles. The molecule has 53 heavy (non-hydrogen) atoms. The Morgan fingerprint density at radius 2 is 0.925 bits per heavy atom. The van der Waals surface area contributed by atoms with Crippen molar-refractivity contribution in [3.63, 3.8) is 0 Å². The van der Waals surface area contributed by atoms with E-state index in [1.165, 1.54) is 202 Å². The monoisotopic (exact) mass is 802 g/mol. The van der Waals surface area contributed by atoms with Crippen LogP contribution in [0.5, 0.6) is 0 Å². The van der Waals surface area contributed by atoms with Crippen molar-refractivity contribution in [1.29, 1.82) is 0 Å². The summed E-state index contributed by atoms with van der Waals surface area (Å²) in [5, 5.41) is 0. The largest absolute Gasteiger partial charge is 0.173 e. The van der Waals surface area contributed by atoms with Gasteiger partial charge in [-0.25, -0.2) is 0 Å². The number of aromatic nitrogens is 2. The maximum Gasteiger partial charge on any atom is 0.113 e. The van der Waals surface area contributed by atoms with Crippen LogP contribution in [-0.4, -0.2) is 8.75 Å². The predicted molar refractivity (Wildman–Crippen MR) is 243 cm³/mol. The molecule has 0 saturated heterocycles. The van der Waals surface area contributed by atoms with Gasteiger partial charge in [-0.1, -0.05) is 142 Å². The minimum atomic E-state index is 1.05. The van der Waals surface area contributed by atoms with Crippen LogP contribution in [0.4, 0.5) is 0 Å². The van der Waals surface area contributed by atoms with Gasteiger partial charge in [-0.05, 0) is 80.5 Å². The van der Waals surface area contributed by atoms with Crippen LogP contribution in [-0.2, 0) is 12.8 Å². The molecule has 0 amide bonds. The van der Waals surface area contributed by atoms with Gasteiger partial charge >= 0.3 is 0 Å². The fourth-order valence-corrected chi connectivity index (χ4v) is 13.4. The lowest BCUT2D eigenvalue weighted by Crippen LogP contribution is -1.87. The van der Waals surface area contributed by atoms with Crippen molar-refractivity contribution >= 4 is 77.5 Å². The molecule has 7 heteroatoms. The van der Waals surface area contributed by atoms with Crippen LogP contribution in [0, 0.1) is 13.8 Å². The Morgan fingerprint density at radius 1 is 0.453 bits per heavy atom. The van der Waals surface area contributed by atoms with Gasteiger partial charge in [0.1, 0.15) is 11.0 Å². The van der Waals surface area contributed by atoms with Crippen LogP contribution in [0.25, 0.3) is 50.4 Å². The Balaban J connectivity index is 1.12. The third-order valence-electron chi connectivity index (χ3n) is 10.9. The minimum absolute atomic E-state index is 1.05. The van der Waals surface area contributed by atoms with E-state index in [1.807, 2.05) is 45.3 Å². The summed E-state index contributed by atoms with van der Waals surface area (Å²) in [4.78, 5) is 8.67. The molecule has 0 atom stereocenters. The maximum atomic E-state index is 4.76. The van der Waals surface area contributed by atoms with Gasteiger partial charge in [0.15, 0.2) is 0 Å². The highest BCUT2D eigenvalue weighted by Gasteiger charge is 2.20. The molecular weight excluding hydrogens is 741 g/mol. The fourth-order valence-electron chi connectivity index (χ4n) is 7.77. The third-order valence-corrected chi connectivity index (χ3v) is 16.4. The van der Waals surface area contributed by atoms with Crippen molar-refractivity contribution < 1.29 is 0 Å². The number of rotatable bonds is 25. The topological polar surface area (TPSA) is 25.8 Å². The number of fused-ring (bicyclic) bond motifs is 2. The number of benzene rings is 1. The number of thiophene rings is 4. The summed E-state index contributed by atoms with van der Waals surface area (Å²) >= 11 is 9.32. The van der Waals surface area contributed by atoms with E-state index in [0.717, 1.165) is 17.5 Å². The number of hydrogen-bond acceptors (Lipinski definition) is 7. The van der Waals surface area contributed by atoms with Crippen LogP contribution < -0.4 is 0 Å². The second-order valence-corrected chi connectivity index (χ2v) is 20.4. The van der Waals surface area contributed by atoms with E-state index >= 15 is 0 Å². The van der Waals surface area contributed by atoms with Crippen molar-refractivity contribution in [3.8, 4) is 29.9 Å². The Labute approximate surface area is 340 Å². The zero-order chi connectivity index (χ0) is 36.8. The third kappa shape index (κ3) is 11.3. The summed E-state index contributed by atoms with van der Waals surface area (Å²) in [5.41, 5.74) is 7.65. The van der Waals surface area contributed by atoms with E-state index in [4.69, 9.17) is 4.37 Å². The molecule has 0 aliphatic carbocycles. The number of nitrogens with zero attached hydrogens (tertiary/aromatic N) is 2. The molecule has 0 aliphatic heterocycles. The second kappa shape index (κ2) is 21.4. The molecule has 286 valence electrons. The average molecular weight is 803 g/mol. The predicted octanol–water partition coefficient (Wildman–Crippen LogP) is 17.6. The van der Waals surface area contributed by atoms with Crippen molar-refractivity contribution in [3.05, 3.63) is 58.0 Å². The Bertz CT molecular complexity index is 1930. The average Bonchev–Trinajstić information content (AvgIpc) is 3.99. The molecule has 0 fully saturated rings. The van der Waals surface area contributed by atoms with E-state index in [0.29, 0.717) is 0 Å². The molecule has 5 aromatic heterocycles. The zero-order valence-corrected chi connectivity index (χ0v) is 37.0. The molecule has 0 spiro atoms. The summed E-state index contributed by atoms with van der Waals surface area (Å²) < 4.78 is 12.3. The van der Waals surface area contributed by atoms with Gasteiger partial charge < -0.3 is 0 Å². The standard InChI is InChI=1S/C46H62N2S5/c1-5-7-9-11-13-15-17-19-21-23-25-35-29-34(4)49-45(35)41-31-39-40(50-41)32-42(51-39)46-36(26-24-22-20-18-16-14-12-10-8-6-2)30-38(52-46)37-28-27-33(3)43-44(37)48-53-47-43/h27-32H,5-26H2,1-4H3. The van der Waals surface area contributed by atoms with Crippen molar-refractivity contribution in [1.82, 2.24) is 8.75 Å². The lowest BCUT2D eigenvalue weighted by molar-refractivity contribution is 0.556. The van der Waals surface area contributed by atoms with Crippen LogP contribution in [0.2, 0.25) is 0 Å². The Hall–Kier alpha value is -1.90. The van der Waals surface area contributed by atoms with Gasteiger partial charge in [-0.2, -0.15) is 8.75 Å². The molecule has 0 N–H and O–H groups in total. The molecule has 0 radical (unpaired) electrons. The molecule has 0 unspecified atom stereocenters. The molecule has 0 bridgehead atoms. The van der Waals surface area contributed by atoms with Gasteiger partial charge in [-0.3, -0.25) is 0 Å². The lowest BCUT2D eigenvalue weighted by Gasteiger charge is -2.04. The van der Waals surface area contributed by atoms with Gasteiger partial charge in [0.2, 0.25) is 0 Å². The highest BCUT2D eigenvalue weighted by molar-refractivity contribution is 7.33. The van der Waals surface area contributed by atoms with E-state index in [9.17, 15) is 0 Å². The van der Waals surface area contributed by atoms with E-state index in [-0.39, 0.29) is 0 Å². The van der Waals surface area contributed by atoms with Crippen LogP contribution >= 0.6 is 57.1 Å². The molecule has 0 aliphatic rings. The van der Waals surface area contributed by atoms with Crippen LogP contribution in [0.1, 0.15) is 164 Å². The SMILES string of the molecule is CCCCCCCCCCCCc1cc(C)sc1-c1cc2sc(-c3sc(-c4ccc(C)c5nsnc45)cc3CCCCCCCCCCCC)cc2s1. The number of aryl methyl sites for hydroxylation is 4. The quantitative estimate of drug-likeness (QED) is 0.0539. The lowest BCUT2D eigenvalue weighted by atomic mass is 10.0. The molecule has 6 aromatic rings. The molecule has 2 nitrogen and oxygen atoms in total. The van der Waals surface area contributed by atoms with Gasteiger partial charge in [0.25, 0.3) is 0 Å². The van der Waals surface area contributed by atoms with Crippen LogP contribution in [0.3, 0.4) is 0 Å². The highest BCUT2D eigenvalue weighted by atomic mass is 32.1. The first-order valence-corrected chi connectivity index (χ1v) is 25.0. The summed E-state index contributed by atoms with van der Waals surface area (Å²) in [7, 11) is 0. The van der Waals surface area contributed by atoms with Crippen LogP contribution in [0.15, 0.2) is 36.4 Å². The Kier molecular flexibility index (Phi) is 16.5. The molecule has 0 saturated carbocycles. The van der Waals surface area contributed by atoms with Crippen molar-refractivity contribution in [2.45, 2.75) is 169 Å². The summed E-state index contributed by atoms with van der Waals surface area (Å²) in [5.74, 6) is 0. The number of unbranched alkanes of at least 4 members (excludes halogenated alkanes) is 18. The van der Waals surface area contributed by atoms with E-state index in [2.05, 4.69) is 68.5 Å². The van der Waals surface area contributed by atoms with Gasteiger partial charge in [0.05, 0.1) is 11.7 Å². The van der Waals surface area contributed by atoms with Gasteiger partial charge in [-0.15, -0.1) is 45.3 Å². The molecule has 6 rings (SSSR count). The smallest absolute Gasteiger partial charge is 0.113 e. The normalized spacial score (nSPS) is 11.9. The first kappa shape index (κ1) is 40.8. The summed E-state index contributed by atoms with van der Waals surface area (Å²) in [6.07, 6.45) is 30.1. The Morgan fingerprint density at radius 3 is 1.47 bits per heavy atom.